The minimum atomic E-state index is 0.981. The van der Waals surface area contributed by atoms with Crippen molar-refractivity contribution >= 4 is 10.9 Å². The van der Waals surface area contributed by atoms with Gasteiger partial charge in [0.15, 0.2) is 0 Å². The Morgan fingerprint density at radius 2 is 1.77 bits per heavy atom. The Morgan fingerprint density at radius 3 is 2.64 bits per heavy atom. The van der Waals surface area contributed by atoms with Crippen molar-refractivity contribution in [3.05, 3.63) is 60.2 Å². The van der Waals surface area contributed by atoms with Crippen molar-refractivity contribution in [3.8, 4) is 23.1 Å². The number of unbranched alkanes of at least 4 members (excludes halogenated alkanes) is 3. The number of aromatic nitrogens is 1. The Labute approximate surface area is 132 Å². The van der Waals surface area contributed by atoms with Gasteiger partial charge >= 0.3 is 0 Å². The van der Waals surface area contributed by atoms with E-state index in [-0.39, 0.29) is 0 Å². The molecule has 0 amide bonds. The molecule has 110 valence electrons. The third-order valence-electron chi connectivity index (χ3n) is 3.88. The lowest BCUT2D eigenvalue weighted by molar-refractivity contribution is 0.737. The molecule has 0 atom stereocenters. The molecule has 1 aromatic heterocycles. The Bertz CT molecular complexity index is 781. The maximum atomic E-state index is 3.50. The van der Waals surface area contributed by atoms with Gasteiger partial charge in [-0.1, -0.05) is 68.0 Å². The zero-order valence-electron chi connectivity index (χ0n) is 13.0. The highest BCUT2D eigenvalue weighted by atomic mass is 14.7. The van der Waals surface area contributed by atoms with E-state index in [1.54, 1.807) is 0 Å². The van der Waals surface area contributed by atoms with Gasteiger partial charge in [0.05, 0.1) is 0 Å². The summed E-state index contributed by atoms with van der Waals surface area (Å²) >= 11 is 0. The van der Waals surface area contributed by atoms with Gasteiger partial charge in [-0.15, -0.1) is 0 Å². The second kappa shape index (κ2) is 7.00. The van der Waals surface area contributed by atoms with Crippen LogP contribution in [-0.4, -0.2) is 4.98 Å². The summed E-state index contributed by atoms with van der Waals surface area (Å²) in [5, 5.41) is 1.24. The molecule has 0 saturated carbocycles. The summed E-state index contributed by atoms with van der Waals surface area (Å²) in [7, 11) is 0. The molecule has 22 heavy (non-hydrogen) atoms. The van der Waals surface area contributed by atoms with Crippen molar-refractivity contribution in [1.82, 2.24) is 4.98 Å². The summed E-state index contributed by atoms with van der Waals surface area (Å²) in [6, 6.07) is 18.9. The highest BCUT2D eigenvalue weighted by Gasteiger charge is 2.06. The molecule has 0 bridgehead atoms. The van der Waals surface area contributed by atoms with Gasteiger partial charge in [-0.05, 0) is 24.6 Å². The van der Waals surface area contributed by atoms with E-state index in [4.69, 9.17) is 0 Å². The summed E-state index contributed by atoms with van der Waals surface area (Å²) < 4.78 is 0. The van der Waals surface area contributed by atoms with Gasteiger partial charge < -0.3 is 4.98 Å². The fourth-order valence-corrected chi connectivity index (χ4v) is 2.67. The standard InChI is InChI=1S/C21H21N/c1-2-3-4-5-6-11-17-12-7-9-14-19(17)21-16-18-13-8-10-15-20(18)22-21/h7-10,12-16,22H,2-5H2,1H3. The lowest BCUT2D eigenvalue weighted by Crippen LogP contribution is -1.84. The molecule has 0 aliphatic heterocycles. The van der Waals surface area contributed by atoms with Gasteiger partial charge in [-0.25, -0.2) is 0 Å². The molecule has 3 rings (SSSR count). The van der Waals surface area contributed by atoms with E-state index in [9.17, 15) is 0 Å². The summed E-state index contributed by atoms with van der Waals surface area (Å²) in [4.78, 5) is 3.50. The molecule has 1 heteroatoms. The van der Waals surface area contributed by atoms with Crippen LogP contribution in [0, 0.1) is 11.8 Å². The summed E-state index contributed by atoms with van der Waals surface area (Å²) in [6.45, 7) is 2.22. The van der Waals surface area contributed by atoms with Gasteiger partial charge in [0.1, 0.15) is 0 Å². The van der Waals surface area contributed by atoms with Crippen molar-refractivity contribution in [3.63, 3.8) is 0 Å². The molecule has 0 fully saturated rings. The first-order valence-corrected chi connectivity index (χ1v) is 8.04. The largest absolute Gasteiger partial charge is 0.354 e. The monoisotopic (exact) mass is 287 g/mol. The second-order valence-corrected chi connectivity index (χ2v) is 5.57. The van der Waals surface area contributed by atoms with Gasteiger partial charge in [0, 0.05) is 34.1 Å². The van der Waals surface area contributed by atoms with Crippen LogP contribution in [0.15, 0.2) is 54.6 Å². The Morgan fingerprint density at radius 1 is 0.955 bits per heavy atom. The summed E-state index contributed by atoms with van der Waals surface area (Å²) in [6.07, 6.45) is 4.68. The quantitative estimate of drug-likeness (QED) is 0.463. The lowest BCUT2D eigenvalue weighted by atomic mass is 10.0. The lowest BCUT2D eigenvalue weighted by Gasteiger charge is -2.01. The van der Waals surface area contributed by atoms with Gasteiger partial charge in [0.25, 0.3) is 0 Å². The first kappa shape index (κ1) is 14.5. The molecule has 1 heterocycles. The number of rotatable bonds is 4. The van der Waals surface area contributed by atoms with Crippen LogP contribution in [0.3, 0.4) is 0 Å². The van der Waals surface area contributed by atoms with E-state index in [1.807, 2.05) is 0 Å². The zero-order valence-corrected chi connectivity index (χ0v) is 13.0. The number of hydrogen-bond acceptors (Lipinski definition) is 0. The predicted molar refractivity (Wildman–Crippen MR) is 94.8 cm³/mol. The van der Waals surface area contributed by atoms with Gasteiger partial charge in [0.2, 0.25) is 0 Å². The number of aromatic amines is 1. The SMILES string of the molecule is CCCCCC#Cc1ccccc1-c1cc2ccccc2[nH]1. The van der Waals surface area contributed by atoms with Crippen LogP contribution in [0.4, 0.5) is 0 Å². The molecule has 3 aromatic rings. The Hall–Kier alpha value is -2.46. The molecular weight excluding hydrogens is 266 g/mol. The third kappa shape index (κ3) is 3.23. The molecular formula is C21H21N. The van der Waals surface area contributed by atoms with Crippen LogP contribution < -0.4 is 0 Å². The van der Waals surface area contributed by atoms with Crippen molar-refractivity contribution in [2.75, 3.05) is 0 Å². The van der Waals surface area contributed by atoms with Crippen LogP contribution in [0.2, 0.25) is 0 Å². The predicted octanol–water partition coefficient (Wildman–Crippen LogP) is 5.77. The molecule has 0 aliphatic rings. The smallest absolute Gasteiger partial charge is 0.0477 e. The second-order valence-electron chi connectivity index (χ2n) is 5.57. The van der Waals surface area contributed by atoms with E-state index >= 15 is 0 Å². The van der Waals surface area contributed by atoms with Gasteiger partial charge in [-0.3, -0.25) is 0 Å². The van der Waals surface area contributed by atoms with Crippen LogP contribution in [0.5, 0.6) is 0 Å². The molecule has 0 aliphatic carbocycles. The average Bonchev–Trinajstić information content (AvgIpc) is 2.99. The number of H-pyrrole nitrogens is 1. The minimum Gasteiger partial charge on any atom is -0.354 e. The van der Waals surface area contributed by atoms with Crippen LogP contribution in [0.1, 0.15) is 38.2 Å². The van der Waals surface area contributed by atoms with E-state index in [1.165, 1.54) is 35.7 Å². The topological polar surface area (TPSA) is 15.8 Å². The zero-order chi connectivity index (χ0) is 15.2. The molecule has 2 aromatic carbocycles. The minimum absolute atomic E-state index is 0.981. The van der Waals surface area contributed by atoms with Gasteiger partial charge in [-0.2, -0.15) is 0 Å². The van der Waals surface area contributed by atoms with E-state index in [0.717, 1.165) is 17.7 Å². The van der Waals surface area contributed by atoms with Crippen molar-refractivity contribution in [2.45, 2.75) is 32.6 Å². The number of hydrogen-bond donors (Lipinski definition) is 1. The summed E-state index contributed by atoms with van der Waals surface area (Å²) in [5.41, 5.74) is 4.59. The van der Waals surface area contributed by atoms with E-state index < -0.39 is 0 Å². The first-order chi connectivity index (χ1) is 10.9. The number of nitrogens with one attached hydrogen (secondary N) is 1. The first-order valence-electron chi connectivity index (χ1n) is 8.04. The molecule has 1 N–H and O–H groups in total. The number of para-hydroxylation sites is 1. The third-order valence-corrected chi connectivity index (χ3v) is 3.88. The Balaban J connectivity index is 1.90. The van der Waals surface area contributed by atoms with E-state index in [0.29, 0.717) is 0 Å². The van der Waals surface area contributed by atoms with Crippen molar-refractivity contribution < 1.29 is 0 Å². The van der Waals surface area contributed by atoms with Crippen LogP contribution in [0.25, 0.3) is 22.2 Å². The Kier molecular flexibility index (Phi) is 4.61. The summed E-state index contributed by atoms with van der Waals surface area (Å²) in [5.74, 6) is 6.66. The number of fused-ring (bicyclic) bond motifs is 1. The van der Waals surface area contributed by atoms with E-state index in [2.05, 4.69) is 78.3 Å². The highest BCUT2D eigenvalue weighted by Crippen LogP contribution is 2.26. The van der Waals surface area contributed by atoms with Crippen LogP contribution >= 0.6 is 0 Å². The molecule has 0 saturated heterocycles. The molecule has 0 spiro atoms. The fourth-order valence-electron chi connectivity index (χ4n) is 2.67. The maximum absolute atomic E-state index is 3.50. The fraction of sp³-hybridized carbons (Fsp3) is 0.238. The van der Waals surface area contributed by atoms with Crippen molar-refractivity contribution in [1.29, 1.82) is 0 Å². The molecule has 0 unspecified atom stereocenters. The average molecular weight is 287 g/mol. The molecule has 1 nitrogen and oxygen atoms in total. The number of benzene rings is 2. The highest BCUT2D eigenvalue weighted by molar-refractivity contribution is 5.86. The normalized spacial score (nSPS) is 10.4. The maximum Gasteiger partial charge on any atom is 0.0477 e. The molecule has 0 radical (unpaired) electrons. The van der Waals surface area contributed by atoms with Crippen LogP contribution in [-0.2, 0) is 0 Å². The van der Waals surface area contributed by atoms with Crippen molar-refractivity contribution in [2.24, 2.45) is 0 Å².